The zero-order valence-corrected chi connectivity index (χ0v) is 16.1. The van der Waals surface area contributed by atoms with Gasteiger partial charge < -0.3 is 10.1 Å². The molecule has 1 saturated heterocycles. The average Bonchev–Trinajstić information content (AvgIpc) is 3.14. The number of hydrogen-bond acceptors (Lipinski definition) is 3. The Morgan fingerprint density at radius 1 is 1.07 bits per heavy atom. The summed E-state index contributed by atoms with van der Waals surface area (Å²) in [6.45, 7) is 6.78. The van der Waals surface area contributed by atoms with Crippen LogP contribution in [0.4, 0.5) is 0 Å². The molecule has 2 heterocycles. The van der Waals surface area contributed by atoms with Gasteiger partial charge in [-0.2, -0.15) is 5.10 Å². The minimum atomic E-state index is 0.520. The molecule has 0 radical (unpaired) electrons. The number of rotatable bonds is 5. The molecule has 140 valence electrons. The summed E-state index contributed by atoms with van der Waals surface area (Å²) >= 11 is 0. The third-order valence-corrected chi connectivity index (χ3v) is 5.25. The predicted molar refractivity (Wildman–Crippen MR) is 109 cm³/mol. The Labute approximate surface area is 161 Å². The van der Waals surface area contributed by atoms with Crippen LogP contribution < -0.4 is 5.32 Å². The molecule has 4 rings (SSSR count). The van der Waals surface area contributed by atoms with E-state index in [-0.39, 0.29) is 0 Å². The molecule has 0 aliphatic carbocycles. The highest BCUT2D eigenvalue weighted by molar-refractivity contribution is 5.63. The van der Waals surface area contributed by atoms with Crippen molar-refractivity contribution in [2.75, 3.05) is 13.2 Å². The lowest BCUT2D eigenvalue weighted by atomic mass is 10.1. The van der Waals surface area contributed by atoms with Gasteiger partial charge in [0, 0.05) is 43.1 Å². The van der Waals surface area contributed by atoms with E-state index in [1.165, 1.54) is 16.7 Å². The summed E-state index contributed by atoms with van der Waals surface area (Å²) in [5.74, 6) is 0. The predicted octanol–water partition coefficient (Wildman–Crippen LogP) is 4.42. The van der Waals surface area contributed by atoms with E-state index in [0.29, 0.717) is 6.04 Å². The molecule has 1 N–H and O–H groups in total. The van der Waals surface area contributed by atoms with Crippen LogP contribution >= 0.6 is 0 Å². The van der Waals surface area contributed by atoms with Gasteiger partial charge in [0.1, 0.15) is 0 Å². The van der Waals surface area contributed by atoms with E-state index in [0.717, 1.165) is 49.5 Å². The number of benzene rings is 2. The highest BCUT2D eigenvalue weighted by Crippen LogP contribution is 2.25. The van der Waals surface area contributed by atoms with Crippen molar-refractivity contribution in [1.29, 1.82) is 0 Å². The molecule has 1 aliphatic heterocycles. The fraction of sp³-hybridized carbons (Fsp3) is 0.348. The second-order valence-corrected chi connectivity index (χ2v) is 7.37. The second-order valence-electron chi connectivity index (χ2n) is 7.37. The average molecular weight is 361 g/mol. The van der Waals surface area contributed by atoms with Gasteiger partial charge in [-0.05, 0) is 43.9 Å². The highest BCUT2D eigenvalue weighted by Gasteiger charge is 2.17. The fourth-order valence-electron chi connectivity index (χ4n) is 3.62. The number of nitrogens with one attached hydrogen (secondary N) is 1. The third-order valence-electron chi connectivity index (χ3n) is 5.25. The van der Waals surface area contributed by atoms with Gasteiger partial charge >= 0.3 is 0 Å². The summed E-state index contributed by atoms with van der Waals surface area (Å²) in [7, 11) is 0. The Morgan fingerprint density at radius 3 is 2.63 bits per heavy atom. The van der Waals surface area contributed by atoms with Crippen LogP contribution in [-0.4, -0.2) is 29.0 Å². The zero-order valence-electron chi connectivity index (χ0n) is 16.1. The van der Waals surface area contributed by atoms with E-state index in [4.69, 9.17) is 9.84 Å². The van der Waals surface area contributed by atoms with E-state index in [2.05, 4.69) is 67.8 Å². The Hall–Kier alpha value is -2.43. The summed E-state index contributed by atoms with van der Waals surface area (Å²) in [6, 6.07) is 17.5. The molecule has 0 amide bonds. The van der Waals surface area contributed by atoms with Crippen LogP contribution in [0, 0.1) is 13.8 Å². The van der Waals surface area contributed by atoms with E-state index in [1.807, 2.05) is 10.7 Å². The number of nitrogens with zero attached hydrogens (tertiary/aromatic N) is 2. The van der Waals surface area contributed by atoms with Crippen molar-refractivity contribution < 1.29 is 4.74 Å². The van der Waals surface area contributed by atoms with Crippen LogP contribution in [0.15, 0.2) is 54.7 Å². The molecular formula is C23H27N3O. The molecule has 0 atom stereocenters. The minimum absolute atomic E-state index is 0.520. The molecule has 2 aromatic carbocycles. The molecule has 0 bridgehead atoms. The summed E-state index contributed by atoms with van der Waals surface area (Å²) in [5.41, 5.74) is 7.06. The van der Waals surface area contributed by atoms with Crippen molar-refractivity contribution in [2.24, 2.45) is 0 Å². The Morgan fingerprint density at radius 2 is 1.85 bits per heavy atom. The maximum absolute atomic E-state index is 5.47. The fourth-order valence-corrected chi connectivity index (χ4v) is 3.62. The van der Waals surface area contributed by atoms with E-state index < -0.39 is 0 Å². The van der Waals surface area contributed by atoms with Crippen LogP contribution in [-0.2, 0) is 11.3 Å². The molecule has 0 unspecified atom stereocenters. The normalized spacial score (nSPS) is 15.2. The van der Waals surface area contributed by atoms with E-state index >= 15 is 0 Å². The van der Waals surface area contributed by atoms with Crippen molar-refractivity contribution in [3.63, 3.8) is 0 Å². The van der Waals surface area contributed by atoms with Crippen LogP contribution in [0.1, 0.15) is 29.5 Å². The standard InChI is InChI=1S/C23H27N3O/c1-17-8-9-18(2)22(14-17)26-16-20(15-24-21-10-12-27-13-11-21)23(25-26)19-6-4-3-5-7-19/h3-9,14,16,21,24H,10-13,15H2,1-2H3. The minimum Gasteiger partial charge on any atom is -0.381 e. The van der Waals surface area contributed by atoms with Crippen molar-refractivity contribution >= 4 is 0 Å². The number of hydrogen-bond donors (Lipinski definition) is 1. The Kier molecular flexibility index (Phi) is 5.37. The molecule has 4 nitrogen and oxygen atoms in total. The first-order valence-electron chi connectivity index (χ1n) is 9.73. The van der Waals surface area contributed by atoms with Crippen molar-refractivity contribution in [1.82, 2.24) is 15.1 Å². The maximum Gasteiger partial charge on any atom is 0.0972 e. The Bertz CT molecular complexity index is 895. The lowest BCUT2D eigenvalue weighted by Crippen LogP contribution is -2.34. The van der Waals surface area contributed by atoms with E-state index in [1.54, 1.807) is 0 Å². The monoisotopic (exact) mass is 361 g/mol. The van der Waals surface area contributed by atoms with Gasteiger partial charge in [0.2, 0.25) is 0 Å². The Balaban J connectivity index is 1.67. The largest absolute Gasteiger partial charge is 0.381 e. The van der Waals surface area contributed by atoms with E-state index in [9.17, 15) is 0 Å². The first kappa shape index (κ1) is 18.0. The molecule has 27 heavy (non-hydrogen) atoms. The molecule has 1 aliphatic rings. The van der Waals surface area contributed by atoms with Crippen LogP contribution in [0.5, 0.6) is 0 Å². The van der Waals surface area contributed by atoms with Gasteiger partial charge in [0.05, 0.1) is 11.4 Å². The smallest absolute Gasteiger partial charge is 0.0972 e. The quantitative estimate of drug-likeness (QED) is 0.731. The molecule has 1 fully saturated rings. The SMILES string of the molecule is Cc1ccc(C)c(-n2cc(CNC3CCOCC3)c(-c3ccccc3)n2)c1. The lowest BCUT2D eigenvalue weighted by Gasteiger charge is -2.23. The van der Waals surface area contributed by atoms with Crippen LogP contribution in [0.2, 0.25) is 0 Å². The zero-order chi connectivity index (χ0) is 18.6. The molecule has 1 aromatic heterocycles. The van der Waals surface area contributed by atoms with Gasteiger partial charge in [0.15, 0.2) is 0 Å². The molecular weight excluding hydrogens is 334 g/mol. The topological polar surface area (TPSA) is 39.1 Å². The second kappa shape index (κ2) is 8.07. The van der Waals surface area contributed by atoms with Gasteiger partial charge in [-0.3, -0.25) is 0 Å². The molecule has 0 spiro atoms. The summed E-state index contributed by atoms with van der Waals surface area (Å²) in [6.07, 6.45) is 4.33. The summed E-state index contributed by atoms with van der Waals surface area (Å²) in [5, 5.41) is 8.67. The van der Waals surface area contributed by atoms with Crippen LogP contribution in [0.25, 0.3) is 16.9 Å². The number of ether oxygens (including phenoxy) is 1. The first-order chi connectivity index (χ1) is 13.2. The molecule has 4 heteroatoms. The number of aromatic nitrogens is 2. The molecule has 3 aromatic rings. The lowest BCUT2D eigenvalue weighted by molar-refractivity contribution is 0.0776. The van der Waals surface area contributed by atoms with Crippen molar-refractivity contribution in [3.8, 4) is 16.9 Å². The van der Waals surface area contributed by atoms with Crippen LogP contribution in [0.3, 0.4) is 0 Å². The van der Waals surface area contributed by atoms with Gasteiger partial charge in [-0.1, -0.05) is 42.5 Å². The van der Waals surface area contributed by atoms with Gasteiger partial charge in [-0.15, -0.1) is 0 Å². The summed E-state index contributed by atoms with van der Waals surface area (Å²) in [4.78, 5) is 0. The number of aryl methyl sites for hydroxylation is 2. The van der Waals surface area contributed by atoms with Crippen molar-refractivity contribution in [3.05, 3.63) is 71.4 Å². The van der Waals surface area contributed by atoms with Gasteiger partial charge in [0.25, 0.3) is 0 Å². The highest BCUT2D eigenvalue weighted by atomic mass is 16.5. The van der Waals surface area contributed by atoms with Crippen molar-refractivity contribution in [2.45, 2.75) is 39.3 Å². The first-order valence-corrected chi connectivity index (χ1v) is 9.73. The summed E-state index contributed by atoms with van der Waals surface area (Å²) < 4.78 is 7.51. The third kappa shape index (κ3) is 4.12. The molecule has 0 saturated carbocycles. The van der Waals surface area contributed by atoms with Gasteiger partial charge in [-0.25, -0.2) is 4.68 Å². The maximum atomic E-state index is 5.47.